The summed E-state index contributed by atoms with van der Waals surface area (Å²) in [6.07, 6.45) is 3.01. The predicted molar refractivity (Wildman–Crippen MR) is 59.7 cm³/mol. The van der Waals surface area contributed by atoms with E-state index in [1.54, 1.807) is 0 Å². The first kappa shape index (κ1) is 18.3. The Morgan fingerprint density at radius 2 is 1.69 bits per heavy atom. The lowest BCUT2D eigenvalue weighted by Crippen LogP contribution is -2.12. The van der Waals surface area contributed by atoms with Gasteiger partial charge in [0.05, 0.1) is 0 Å². The molecule has 0 aromatic rings. The molecule has 0 atom stereocenters. The lowest BCUT2D eigenvalue weighted by atomic mass is 10.4. The topological polar surface area (TPSA) is 55.1 Å². The van der Waals surface area contributed by atoms with Crippen LogP contribution in [0.4, 0.5) is 0 Å². The zero-order valence-electron chi connectivity index (χ0n) is 9.81. The van der Waals surface area contributed by atoms with E-state index < -0.39 is 0 Å². The Balaban J connectivity index is -0.000000124. The van der Waals surface area contributed by atoms with E-state index in [-0.39, 0.29) is 5.91 Å². The maximum atomic E-state index is 10.1. The summed E-state index contributed by atoms with van der Waals surface area (Å²) >= 11 is 0. The molecule has 3 nitrogen and oxygen atoms in total. The first-order valence-electron chi connectivity index (χ1n) is 5.15. The normalized spacial score (nSPS) is 12.0. The Kier molecular flexibility index (Phi) is 31.6. The molecule has 1 rings (SSSR count). The molecule has 0 aliphatic carbocycles. The summed E-state index contributed by atoms with van der Waals surface area (Å²) in [5.41, 5.74) is 4.50. The number of amides is 1. The summed E-state index contributed by atoms with van der Waals surface area (Å²) in [6.45, 7) is 9.14. The van der Waals surface area contributed by atoms with Crippen LogP contribution in [0.2, 0.25) is 0 Å². The molecule has 1 saturated heterocycles. The second kappa shape index (κ2) is 22.5. The van der Waals surface area contributed by atoms with Gasteiger partial charge >= 0.3 is 0 Å². The minimum atomic E-state index is 0.204. The van der Waals surface area contributed by atoms with Gasteiger partial charge in [0.15, 0.2) is 0 Å². The second-order valence-corrected chi connectivity index (χ2v) is 2.16. The van der Waals surface area contributed by atoms with E-state index in [0.29, 0.717) is 0 Å². The van der Waals surface area contributed by atoms with Gasteiger partial charge in [-0.25, -0.2) is 0 Å². The lowest BCUT2D eigenvalue weighted by molar-refractivity contribution is -0.119. The Bertz CT molecular complexity index is 77.0. The molecule has 82 valence electrons. The van der Waals surface area contributed by atoms with Crippen molar-refractivity contribution < 1.29 is 4.79 Å². The molecular formula is C10H26N2O. The fourth-order valence-electron chi connectivity index (χ4n) is 0.565. The number of hydrogen-bond donors (Lipinski definition) is 2. The molecule has 3 heteroatoms. The molecular weight excluding hydrogens is 164 g/mol. The minimum Gasteiger partial charge on any atom is -0.356 e. The van der Waals surface area contributed by atoms with Crippen LogP contribution < -0.4 is 11.1 Å². The highest BCUT2D eigenvalue weighted by Crippen LogP contribution is 1.93. The Hall–Kier alpha value is -0.570. The van der Waals surface area contributed by atoms with Gasteiger partial charge in [0.2, 0.25) is 5.91 Å². The molecule has 1 aliphatic heterocycles. The molecule has 0 saturated carbocycles. The van der Waals surface area contributed by atoms with Crippen molar-refractivity contribution in [1.82, 2.24) is 5.32 Å². The fraction of sp³-hybridized carbons (Fsp3) is 0.900. The molecule has 0 radical (unpaired) electrons. The fourth-order valence-corrected chi connectivity index (χ4v) is 0.565. The molecule has 0 spiro atoms. The second-order valence-electron chi connectivity index (χ2n) is 2.16. The monoisotopic (exact) mass is 190 g/mol. The van der Waals surface area contributed by atoms with E-state index in [2.05, 4.69) is 24.9 Å². The van der Waals surface area contributed by atoms with E-state index in [0.717, 1.165) is 19.4 Å². The van der Waals surface area contributed by atoms with Gasteiger partial charge in [-0.2, -0.15) is 0 Å². The van der Waals surface area contributed by atoms with Crippen LogP contribution in [0, 0.1) is 0 Å². The average Bonchev–Trinajstić information content (AvgIpc) is 2.64. The smallest absolute Gasteiger partial charge is 0.220 e. The number of hydrogen-bond acceptors (Lipinski definition) is 2. The van der Waals surface area contributed by atoms with Crippen molar-refractivity contribution in [3.8, 4) is 0 Å². The van der Waals surface area contributed by atoms with Crippen molar-refractivity contribution >= 4 is 5.91 Å². The highest BCUT2D eigenvalue weighted by molar-refractivity contribution is 5.77. The maximum absolute atomic E-state index is 10.1. The van der Waals surface area contributed by atoms with Gasteiger partial charge in [-0.05, 0) is 13.5 Å². The van der Waals surface area contributed by atoms with Gasteiger partial charge in [0.1, 0.15) is 0 Å². The summed E-state index contributed by atoms with van der Waals surface area (Å²) in [7, 11) is 1.50. The van der Waals surface area contributed by atoms with Crippen LogP contribution in [0.3, 0.4) is 0 Å². The lowest BCUT2D eigenvalue weighted by Gasteiger charge is -1.80. The number of nitrogens with two attached hydrogens (primary N) is 1. The number of carbonyl (C=O) groups is 1. The van der Waals surface area contributed by atoms with Gasteiger partial charge in [0.25, 0.3) is 0 Å². The van der Waals surface area contributed by atoms with E-state index in [4.69, 9.17) is 0 Å². The Morgan fingerprint density at radius 3 is 1.77 bits per heavy atom. The van der Waals surface area contributed by atoms with E-state index in [1.165, 1.54) is 13.5 Å². The summed E-state index contributed by atoms with van der Waals surface area (Å²) in [5, 5.41) is 2.68. The Morgan fingerprint density at radius 1 is 1.31 bits per heavy atom. The first-order chi connectivity index (χ1) is 6.31. The average molecular weight is 190 g/mol. The largest absolute Gasteiger partial charge is 0.356 e. The van der Waals surface area contributed by atoms with Crippen molar-refractivity contribution in [1.29, 1.82) is 0 Å². The van der Waals surface area contributed by atoms with Crippen molar-refractivity contribution in [2.45, 2.75) is 47.0 Å². The number of nitrogens with one attached hydrogen (secondary N) is 1. The molecule has 0 aromatic carbocycles. The number of rotatable bonds is 0. The van der Waals surface area contributed by atoms with Crippen LogP contribution in [0.1, 0.15) is 47.0 Å². The molecule has 1 fully saturated rings. The Labute approximate surface area is 83.1 Å². The summed E-state index contributed by atoms with van der Waals surface area (Å²) in [5.74, 6) is 0.204. The summed E-state index contributed by atoms with van der Waals surface area (Å²) in [6, 6.07) is 0. The first-order valence-corrected chi connectivity index (χ1v) is 5.15. The molecule has 1 aliphatic rings. The molecule has 0 bridgehead atoms. The van der Waals surface area contributed by atoms with E-state index >= 15 is 0 Å². The van der Waals surface area contributed by atoms with Crippen molar-refractivity contribution in [3.05, 3.63) is 0 Å². The third-order valence-electron chi connectivity index (χ3n) is 0.903. The van der Waals surface area contributed by atoms with Crippen LogP contribution in [0.25, 0.3) is 0 Å². The standard InChI is InChI=1S/C4H7NO.C3H8.C2H6.CH5N/c6-4-2-1-3-5-4;1-3-2;2*1-2/h1-3H2,(H,5,6);3H2,1-2H3;1-2H3;2H2,1H3. The van der Waals surface area contributed by atoms with Crippen molar-refractivity contribution in [2.75, 3.05) is 13.6 Å². The quantitative estimate of drug-likeness (QED) is 0.613. The van der Waals surface area contributed by atoms with Crippen LogP contribution in [-0.4, -0.2) is 19.5 Å². The van der Waals surface area contributed by atoms with Crippen molar-refractivity contribution in [2.24, 2.45) is 5.73 Å². The van der Waals surface area contributed by atoms with Gasteiger partial charge < -0.3 is 11.1 Å². The van der Waals surface area contributed by atoms with Crippen LogP contribution >= 0.6 is 0 Å². The zero-order chi connectivity index (χ0) is 11.1. The van der Waals surface area contributed by atoms with Crippen molar-refractivity contribution in [3.63, 3.8) is 0 Å². The third-order valence-corrected chi connectivity index (χ3v) is 0.903. The predicted octanol–water partition coefficient (Wildman–Crippen LogP) is 1.91. The highest BCUT2D eigenvalue weighted by Gasteiger charge is 2.05. The van der Waals surface area contributed by atoms with Gasteiger partial charge in [-0.3, -0.25) is 4.79 Å². The molecule has 0 unspecified atom stereocenters. The van der Waals surface area contributed by atoms with Crippen LogP contribution in [0.5, 0.6) is 0 Å². The van der Waals surface area contributed by atoms with E-state index in [1.807, 2.05) is 13.8 Å². The maximum Gasteiger partial charge on any atom is 0.220 e. The third kappa shape index (κ3) is 24.6. The summed E-state index contributed by atoms with van der Waals surface area (Å²) in [4.78, 5) is 10.1. The van der Waals surface area contributed by atoms with Gasteiger partial charge in [-0.15, -0.1) is 0 Å². The highest BCUT2D eigenvalue weighted by atomic mass is 16.1. The van der Waals surface area contributed by atoms with Gasteiger partial charge in [-0.1, -0.05) is 34.1 Å². The molecule has 3 N–H and O–H groups in total. The molecule has 0 aromatic heterocycles. The minimum absolute atomic E-state index is 0.204. The molecule has 1 heterocycles. The van der Waals surface area contributed by atoms with Crippen LogP contribution in [-0.2, 0) is 4.79 Å². The van der Waals surface area contributed by atoms with Crippen LogP contribution in [0.15, 0.2) is 0 Å². The van der Waals surface area contributed by atoms with Gasteiger partial charge in [0, 0.05) is 13.0 Å². The molecule has 13 heavy (non-hydrogen) atoms. The van der Waals surface area contributed by atoms with E-state index in [9.17, 15) is 4.79 Å². The molecule has 1 amide bonds. The zero-order valence-corrected chi connectivity index (χ0v) is 9.81. The SMILES string of the molecule is CC.CCC.CN.O=C1CCCN1. The number of carbonyl (C=O) groups excluding carboxylic acids is 1. The summed E-state index contributed by atoms with van der Waals surface area (Å²) < 4.78 is 0.